The van der Waals surface area contributed by atoms with Crippen LogP contribution >= 0.6 is 0 Å². The molecule has 1 amide bonds. The molecule has 2 saturated heterocycles. The molecule has 2 heterocycles. The molecule has 2 aliphatic heterocycles. The van der Waals surface area contributed by atoms with E-state index in [-0.39, 0.29) is 11.5 Å². The summed E-state index contributed by atoms with van der Waals surface area (Å²) < 4.78 is 13.9. The number of nitrogens with zero attached hydrogens (tertiary/aromatic N) is 3. The van der Waals surface area contributed by atoms with E-state index in [0.717, 1.165) is 58.2 Å². The summed E-state index contributed by atoms with van der Waals surface area (Å²) in [6, 6.07) is 7.25. The largest absolute Gasteiger partial charge is 0.370 e. The van der Waals surface area contributed by atoms with E-state index in [4.69, 9.17) is 0 Å². The number of halogens is 1. The molecule has 1 aromatic carbocycles. The molecule has 144 valence electrons. The van der Waals surface area contributed by atoms with Crippen molar-refractivity contribution in [1.29, 1.82) is 5.26 Å². The van der Waals surface area contributed by atoms with Crippen molar-refractivity contribution in [2.24, 2.45) is 11.8 Å². The Kier molecular flexibility index (Phi) is 5.33. The van der Waals surface area contributed by atoms with Gasteiger partial charge in [-0.1, -0.05) is 18.9 Å². The van der Waals surface area contributed by atoms with Crippen LogP contribution in [0.3, 0.4) is 0 Å². The van der Waals surface area contributed by atoms with Gasteiger partial charge in [-0.2, -0.15) is 5.26 Å². The number of likely N-dealkylation sites (tertiary alicyclic amines) is 1. The first-order valence-corrected chi connectivity index (χ1v) is 10.4. The number of amides is 1. The van der Waals surface area contributed by atoms with Crippen LogP contribution in [0.4, 0.5) is 10.1 Å². The highest BCUT2D eigenvalue weighted by atomic mass is 19.1. The monoisotopic (exact) mass is 369 g/mol. The fourth-order valence-electron chi connectivity index (χ4n) is 4.87. The third-order valence-corrected chi connectivity index (χ3v) is 6.54. The lowest BCUT2D eigenvalue weighted by atomic mass is 9.85. The van der Waals surface area contributed by atoms with Crippen molar-refractivity contribution in [3.05, 3.63) is 29.6 Å². The Morgan fingerprint density at radius 2 is 1.81 bits per heavy atom. The standard InChI is InChI=1S/C22H28FN3O/c23-19-5-4-7-21(18(19)15-24)25-13-10-16(11-14-25)20-6-2-1-3-12-26(20)22(27)17-8-9-17/h4-5,7,16-17,20H,1-3,6,8-14H2/t20-/m0/s1. The quantitative estimate of drug-likeness (QED) is 0.806. The first-order valence-electron chi connectivity index (χ1n) is 10.4. The molecule has 1 aliphatic carbocycles. The zero-order chi connectivity index (χ0) is 18.8. The molecule has 0 unspecified atom stereocenters. The highest BCUT2D eigenvalue weighted by Crippen LogP contribution is 2.37. The van der Waals surface area contributed by atoms with Gasteiger partial charge in [0.15, 0.2) is 0 Å². The average Bonchev–Trinajstić information content (AvgIpc) is 3.54. The molecule has 0 bridgehead atoms. The molecule has 0 radical (unpaired) electrons. The smallest absolute Gasteiger partial charge is 0.225 e. The molecule has 4 nitrogen and oxygen atoms in total. The molecule has 0 spiro atoms. The summed E-state index contributed by atoms with van der Waals surface area (Å²) in [6.07, 6.45) is 8.81. The fourth-order valence-corrected chi connectivity index (χ4v) is 4.87. The number of rotatable bonds is 3. The van der Waals surface area contributed by atoms with Gasteiger partial charge in [0.05, 0.1) is 5.69 Å². The molecule has 3 fully saturated rings. The second-order valence-electron chi connectivity index (χ2n) is 8.29. The van der Waals surface area contributed by atoms with E-state index < -0.39 is 5.82 Å². The number of carbonyl (C=O) groups excluding carboxylic acids is 1. The van der Waals surface area contributed by atoms with Crippen LogP contribution in [0.25, 0.3) is 0 Å². The van der Waals surface area contributed by atoms with Crippen LogP contribution in [0.2, 0.25) is 0 Å². The third-order valence-electron chi connectivity index (χ3n) is 6.54. The number of benzene rings is 1. The molecular weight excluding hydrogens is 341 g/mol. The Bertz CT molecular complexity index is 732. The summed E-state index contributed by atoms with van der Waals surface area (Å²) in [5.74, 6) is 0.751. The maximum Gasteiger partial charge on any atom is 0.225 e. The fraction of sp³-hybridized carbons (Fsp3) is 0.636. The van der Waals surface area contributed by atoms with Crippen LogP contribution in [0.5, 0.6) is 0 Å². The second-order valence-corrected chi connectivity index (χ2v) is 8.29. The Hall–Kier alpha value is -2.09. The number of hydrogen-bond donors (Lipinski definition) is 0. The lowest BCUT2D eigenvalue weighted by molar-refractivity contribution is -0.136. The topological polar surface area (TPSA) is 47.3 Å². The van der Waals surface area contributed by atoms with E-state index in [1.807, 2.05) is 12.1 Å². The van der Waals surface area contributed by atoms with Crippen molar-refractivity contribution in [3.8, 4) is 6.07 Å². The second kappa shape index (κ2) is 7.88. The first kappa shape index (κ1) is 18.3. The van der Waals surface area contributed by atoms with Gasteiger partial charge in [0.1, 0.15) is 17.4 Å². The summed E-state index contributed by atoms with van der Waals surface area (Å²) in [6.45, 7) is 2.57. The van der Waals surface area contributed by atoms with Gasteiger partial charge in [-0.25, -0.2) is 4.39 Å². The summed E-state index contributed by atoms with van der Waals surface area (Å²) in [5, 5.41) is 9.31. The van der Waals surface area contributed by atoms with Crippen LogP contribution in [0, 0.1) is 29.0 Å². The van der Waals surface area contributed by atoms with E-state index in [1.165, 1.54) is 18.9 Å². The van der Waals surface area contributed by atoms with Gasteiger partial charge in [-0.15, -0.1) is 0 Å². The zero-order valence-corrected chi connectivity index (χ0v) is 15.9. The maximum absolute atomic E-state index is 13.9. The predicted molar refractivity (Wildman–Crippen MR) is 103 cm³/mol. The van der Waals surface area contributed by atoms with Crippen LogP contribution in [0.1, 0.15) is 56.9 Å². The number of anilines is 1. The molecule has 0 aromatic heterocycles. The van der Waals surface area contributed by atoms with Crippen LogP contribution in [-0.4, -0.2) is 36.5 Å². The molecule has 5 heteroatoms. The Morgan fingerprint density at radius 1 is 1.04 bits per heavy atom. The predicted octanol–water partition coefficient (Wildman–Crippen LogP) is 4.09. The van der Waals surface area contributed by atoms with E-state index in [1.54, 1.807) is 6.07 Å². The van der Waals surface area contributed by atoms with Gasteiger partial charge in [0.25, 0.3) is 0 Å². The molecular formula is C22H28FN3O. The average molecular weight is 369 g/mol. The van der Waals surface area contributed by atoms with Gasteiger partial charge >= 0.3 is 0 Å². The van der Waals surface area contributed by atoms with Crippen molar-refractivity contribution in [2.45, 2.75) is 57.4 Å². The number of carbonyl (C=O) groups is 1. The molecule has 1 atom stereocenters. The zero-order valence-electron chi connectivity index (χ0n) is 15.9. The lowest BCUT2D eigenvalue weighted by Crippen LogP contribution is -2.48. The molecule has 3 aliphatic rings. The molecule has 4 rings (SSSR count). The molecule has 27 heavy (non-hydrogen) atoms. The third kappa shape index (κ3) is 3.81. The van der Waals surface area contributed by atoms with Gasteiger partial charge in [0.2, 0.25) is 5.91 Å². The van der Waals surface area contributed by atoms with Crippen molar-refractivity contribution >= 4 is 11.6 Å². The Labute approximate surface area is 160 Å². The van der Waals surface area contributed by atoms with Crippen LogP contribution in [-0.2, 0) is 4.79 Å². The summed E-state index contributed by atoms with van der Waals surface area (Å²) in [7, 11) is 0. The minimum absolute atomic E-state index is 0.149. The van der Waals surface area contributed by atoms with Crippen LogP contribution in [0.15, 0.2) is 18.2 Å². The number of hydrogen-bond acceptors (Lipinski definition) is 3. The van der Waals surface area contributed by atoms with E-state index in [0.29, 0.717) is 23.6 Å². The lowest BCUT2D eigenvalue weighted by Gasteiger charge is -2.41. The van der Waals surface area contributed by atoms with Gasteiger partial charge in [0, 0.05) is 31.6 Å². The summed E-state index contributed by atoms with van der Waals surface area (Å²) >= 11 is 0. The first-order chi connectivity index (χ1) is 13.2. The highest BCUT2D eigenvalue weighted by molar-refractivity contribution is 5.81. The number of nitriles is 1. The van der Waals surface area contributed by atoms with Gasteiger partial charge in [-0.05, 0) is 56.6 Å². The van der Waals surface area contributed by atoms with Crippen molar-refractivity contribution < 1.29 is 9.18 Å². The van der Waals surface area contributed by atoms with Crippen molar-refractivity contribution in [3.63, 3.8) is 0 Å². The van der Waals surface area contributed by atoms with E-state index >= 15 is 0 Å². The van der Waals surface area contributed by atoms with E-state index in [9.17, 15) is 14.4 Å². The Morgan fingerprint density at radius 3 is 2.52 bits per heavy atom. The van der Waals surface area contributed by atoms with E-state index in [2.05, 4.69) is 9.80 Å². The minimum Gasteiger partial charge on any atom is -0.370 e. The maximum atomic E-state index is 13.9. The minimum atomic E-state index is -0.443. The van der Waals surface area contributed by atoms with Crippen LogP contribution < -0.4 is 4.90 Å². The Balaban J connectivity index is 1.45. The number of piperidine rings is 1. The summed E-state index contributed by atoms with van der Waals surface area (Å²) in [5.41, 5.74) is 0.860. The van der Waals surface area contributed by atoms with Crippen molar-refractivity contribution in [1.82, 2.24) is 4.90 Å². The highest BCUT2D eigenvalue weighted by Gasteiger charge is 2.39. The molecule has 1 saturated carbocycles. The normalized spacial score (nSPS) is 24.4. The van der Waals surface area contributed by atoms with Gasteiger partial charge in [-0.3, -0.25) is 4.79 Å². The van der Waals surface area contributed by atoms with Crippen molar-refractivity contribution in [2.75, 3.05) is 24.5 Å². The summed E-state index contributed by atoms with van der Waals surface area (Å²) in [4.78, 5) is 17.2. The van der Waals surface area contributed by atoms with Gasteiger partial charge < -0.3 is 9.80 Å². The SMILES string of the molecule is N#Cc1c(F)cccc1N1CCC([C@@H]2CCCCCN2C(=O)C2CC2)CC1. The molecule has 1 aromatic rings. The molecule has 0 N–H and O–H groups in total.